The fourth-order valence-corrected chi connectivity index (χ4v) is 4.70. The molecule has 6 heteroatoms. The van der Waals surface area contributed by atoms with Gasteiger partial charge in [0, 0.05) is 5.56 Å². The van der Waals surface area contributed by atoms with E-state index < -0.39 is 0 Å². The molecule has 1 fully saturated rings. The molecule has 1 aromatic heterocycles. The van der Waals surface area contributed by atoms with Gasteiger partial charge in [0.1, 0.15) is 5.82 Å². The molecule has 0 saturated heterocycles. The summed E-state index contributed by atoms with van der Waals surface area (Å²) in [6.45, 7) is 1.98. The van der Waals surface area contributed by atoms with E-state index in [9.17, 15) is 4.39 Å². The van der Waals surface area contributed by atoms with Crippen molar-refractivity contribution in [2.24, 2.45) is 0 Å². The molecular formula is C17H16BrCl2FN2. The fraction of sp³-hybridized carbons (Fsp3) is 0.412. The molecule has 23 heavy (non-hydrogen) atoms. The number of halogens is 4. The van der Waals surface area contributed by atoms with Crippen molar-refractivity contribution in [2.45, 2.75) is 44.4 Å². The summed E-state index contributed by atoms with van der Waals surface area (Å²) >= 11 is 15.7. The number of benzene rings is 1. The Morgan fingerprint density at radius 3 is 2.17 bits per heavy atom. The van der Waals surface area contributed by atoms with Crippen molar-refractivity contribution < 1.29 is 4.39 Å². The van der Waals surface area contributed by atoms with Crippen LogP contribution in [-0.2, 0) is 0 Å². The monoisotopic (exact) mass is 416 g/mol. The lowest BCUT2D eigenvalue weighted by Crippen LogP contribution is -2.15. The van der Waals surface area contributed by atoms with Crippen LogP contribution in [0.1, 0.15) is 54.2 Å². The Labute approximate surface area is 153 Å². The van der Waals surface area contributed by atoms with Crippen molar-refractivity contribution in [1.29, 1.82) is 0 Å². The van der Waals surface area contributed by atoms with Crippen LogP contribution in [0.25, 0.3) is 0 Å². The topological polar surface area (TPSA) is 25.8 Å². The van der Waals surface area contributed by atoms with Gasteiger partial charge in [0.05, 0.1) is 4.47 Å². The van der Waals surface area contributed by atoms with E-state index in [4.69, 9.17) is 23.2 Å². The molecule has 2 aromatic rings. The molecule has 1 saturated carbocycles. The lowest BCUT2D eigenvalue weighted by molar-refractivity contribution is 0.385. The van der Waals surface area contributed by atoms with Crippen molar-refractivity contribution in [3.05, 3.63) is 55.5 Å². The molecule has 0 atom stereocenters. The minimum absolute atomic E-state index is 0.0960. The minimum atomic E-state index is -0.0960. The summed E-state index contributed by atoms with van der Waals surface area (Å²) in [6.07, 6.45) is 3.71. The summed E-state index contributed by atoms with van der Waals surface area (Å²) in [6, 6.07) is 5.29. The first kappa shape index (κ1) is 17.1. The summed E-state index contributed by atoms with van der Waals surface area (Å²) in [5, 5.41) is 8.45. The fourth-order valence-electron chi connectivity index (χ4n) is 3.57. The Hall–Kier alpha value is -0.710. The van der Waals surface area contributed by atoms with Crippen LogP contribution in [0.5, 0.6) is 0 Å². The largest absolute Gasteiger partial charge is 0.207 e. The van der Waals surface area contributed by atoms with E-state index in [0.717, 1.165) is 46.8 Å². The van der Waals surface area contributed by atoms with Gasteiger partial charge in [-0.05, 0) is 77.6 Å². The summed E-state index contributed by atoms with van der Waals surface area (Å²) < 4.78 is 14.9. The normalized spacial score (nSPS) is 21.4. The van der Waals surface area contributed by atoms with Gasteiger partial charge >= 0.3 is 0 Å². The third-order valence-corrected chi connectivity index (χ3v) is 6.25. The zero-order valence-electron chi connectivity index (χ0n) is 12.6. The Morgan fingerprint density at radius 2 is 1.57 bits per heavy atom. The summed E-state index contributed by atoms with van der Waals surface area (Å²) in [4.78, 5) is 0. The molecular weight excluding hydrogens is 402 g/mol. The maximum Gasteiger partial charge on any atom is 0.166 e. The van der Waals surface area contributed by atoms with Crippen LogP contribution >= 0.6 is 39.1 Å². The first-order valence-electron chi connectivity index (χ1n) is 7.61. The van der Waals surface area contributed by atoms with Crippen LogP contribution in [0, 0.1) is 12.7 Å². The Kier molecular flexibility index (Phi) is 5.24. The molecule has 1 aliphatic rings. The molecule has 0 N–H and O–H groups in total. The van der Waals surface area contributed by atoms with E-state index in [2.05, 4.69) is 26.1 Å². The zero-order chi connectivity index (χ0) is 16.6. The van der Waals surface area contributed by atoms with Gasteiger partial charge in [-0.15, -0.1) is 10.2 Å². The van der Waals surface area contributed by atoms with Crippen LogP contribution in [-0.4, -0.2) is 10.2 Å². The van der Waals surface area contributed by atoms with Crippen LogP contribution in [0.2, 0.25) is 10.3 Å². The molecule has 0 bridgehead atoms. The third kappa shape index (κ3) is 3.40. The third-order valence-electron chi connectivity index (χ3n) is 4.68. The molecule has 0 unspecified atom stereocenters. The van der Waals surface area contributed by atoms with Crippen molar-refractivity contribution in [3.8, 4) is 0 Å². The maximum absolute atomic E-state index is 14.2. The lowest BCUT2D eigenvalue weighted by Gasteiger charge is -2.30. The van der Waals surface area contributed by atoms with E-state index in [1.54, 1.807) is 12.1 Å². The molecule has 2 nitrogen and oxygen atoms in total. The van der Waals surface area contributed by atoms with Gasteiger partial charge in [0.15, 0.2) is 10.3 Å². The van der Waals surface area contributed by atoms with Crippen LogP contribution in [0.15, 0.2) is 22.7 Å². The first-order chi connectivity index (χ1) is 11.0. The second kappa shape index (κ2) is 7.04. The maximum atomic E-state index is 14.2. The Bertz CT molecular complexity index is 711. The smallest absolute Gasteiger partial charge is 0.166 e. The second-order valence-electron chi connectivity index (χ2n) is 6.03. The first-order valence-corrected chi connectivity index (χ1v) is 9.16. The second-order valence-corrected chi connectivity index (χ2v) is 7.54. The SMILES string of the molecule is Cc1cccc(F)c1C1CCC(c2c(Cl)nnc(Cl)c2Br)CC1. The average Bonchev–Trinajstić information content (AvgIpc) is 2.53. The van der Waals surface area contributed by atoms with Crippen molar-refractivity contribution in [1.82, 2.24) is 10.2 Å². The molecule has 1 aromatic carbocycles. The molecule has 122 valence electrons. The number of rotatable bonds is 2. The van der Waals surface area contributed by atoms with E-state index in [0.29, 0.717) is 10.3 Å². The van der Waals surface area contributed by atoms with Gasteiger partial charge in [-0.2, -0.15) is 0 Å². The molecule has 0 radical (unpaired) electrons. The highest BCUT2D eigenvalue weighted by Crippen LogP contribution is 2.45. The summed E-state index contributed by atoms with van der Waals surface area (Å²) in [5.74, 6) is 0.435. The van der Waals surface area contributed by atoms with Crippen molar-refractivity contribution >= 4 is 39.1 Å². The number of hydrogen-bond donors (Lipinski definition) is 0. The van der Waals surface area contributed by atoms with E-state index in [1.807, 2.05) is 13.0 Å². The number of aromatic nitrogens is 2. The van der Waals surface area contributed by atoms with E-state index >= 15 is 0 Å². The Balaban J connectivity index is 1.81. The highest BCUT2D eigenvalue weighted by atomic mass is 79.9. The van der Waals surface area contributed by atoms with Gasteiger partial charge in [0.2, 0.25) is 0 Å². The highest BCUT2D eigenvalue weighted by molar-refractivity contribution is 9.10. The van der Waals surface area contributed by atoms with Crippen LogP contribution < -0.4 is 0 Å². The van der Waals surface area contributed by atoms with Gasteiger partial charge in [-0.3, -0.25) is 0 Å². The number of hydrogen-bond acceptors (Lipinski definition) is 2. The molecule has 0 spiro atoms. The van der Waals surface area contributed by atoms with Gasteiger partial charge in [-0.25, -0.2) is 4.39 Å². The molecule has 3 rings (SSSR count). The van der Waals surface area contributed by atoms with E-state index in [-0.39, 0.29) is 17.7 Å². The minimum Gasteiger partial charge on any atom is -0.207 e. The van der Waals surface area contributed by atoms with Crippen molar-refractivity contribution in [2.75, 3.05) is 0 Å². The quantitative estimate of drug-likeness (QED) is 0.562. The van der Waals surface area contributed by atoms with Gasteiger partial charge in [-0.1, -0.05) is 35.3 Å². The molecule has 1 heterocycles. The number of nitrogens with zero attached hydrogens (tertiary/aromatic N) is 2. The van der Waals surface area contributed by atoms with Gasteiger partial charge < -0.3 is 0 Å². The molecule has 0 amide bonds. The average molecular weight is 418 g/mol. The zero-order valence-corrected chi connectivity index (χ0v) is 15.7. The van der Waals surface area contributed by atoms with Crippen LogP contribution in [0.4, 0.5) is 4.39 Å². The van der Waals surface area contributed by atoms with Gasteiger partial charge in [0.25, 0.3) is 0 Å². The molecule has 1 aliphatic carbocycles. The predicted molar refractivity (Wildman–Crippen MR) is 94.8 cm³/mol. The van der Waals surface area contributed by atoms with E-state index in [1.165, 1.54) is 0 Å². The highest BCUT2D eigenvalue weighted by Gasteiger charge is 2.29. The summed E-state index contributed by atoms with van der Waals surface area (Å²) in [5.41, 5.74) is 2.82. The lowest BCUT2D eigenvalue weighted by atomic mass is 9.75. The molecule has 0 aliphatic heterocycles. The predicted octanol–water partition coefficient (Wildman–Crippen LogP) is 6.43. The number of aryl methyl sites for hydroxylation is 1. The standard InChI is InChI=1S/C17H16BrCl2FN2/c1-9-3-2-4-12(21)13(9)10-5-7-11(8-6-10)14-15(18)17(20)23-22-16(14)19/h2-4,10-11H,5-8H2,1H3. The van der Waals surface area contributed by atoms with Crippen LogP contribution in [0.3, 0.4) is 0 Å². The summed E-state index contributed by atoms with van der Waals surface area (Å²) in [7, 11) is 0. The Morgan fingerprint density at radius 1 is 1.00 bits per heavy atom. The van der Waals surface area contributed by atoms with Crippen molar-refractivity contribution in [3.63, 3.8) is 0 Å².